The molecule has 3 heterocycles. The van der Waals surface area contributed by atoms with Crippen molar-refractivity contribution < 1.29 is 13.5 Å². The maximum absolute atomic E-state index is 13.3. The summed E-state index contributed by atoms with van der Waals surface area (Å²) in [5.41, 5.74) is 1.46. The van der Waals surface area contributed by atoms with Gasteiger partial charge in [-0.1, -0.05) is 0 Å². The van der Waals surface area contributed by atoms with Gasteiger partial charge in [-0.2, -0.15) is 4.98 Å². The summed E-state index contributed by atoms with van der Waals surface area (Å²) in [5.74, 6) is 1.85. The molecular weight excluding hydrogens is 415 g/mol. The highest BCUT2D eigenvalue weighted by Gasteiger charge is 2.23. The Morgan fingerprint density at radius 1 is 1.52 bits per heavy atom. The Balaban J connectivity index is 2.05. The molecule has 0 saturated heterocycles. The van der Waals surface area contributed by atoms with Gasteiger partial charge in [0.1, 0.15) is 10.4 Å². The molecule has 0 aliphatic heterocycles. The predicted octanol–water partition coefficient (Wildman–Crippen LogP) is 4.65. The minimum Gasteiger partial charge on any atom is -0.494 e. The fourth-order valence-corrected chi connectivity index (χ4v) is 3.39. The molecule has 0 aliphatic rings. The molecule has 0 amide bonds. The molecule has 0 saturated carbocycles. The zero-order chi connectivity index (χ0) is 18.0. The summed E-state index contributed by atoms with van der Waals surface area (Å²) >= 11 is 9.58. The number of hydrogen-bond donors (Lipinski definition) is 1. The van der Waals surface area contributed by atoms with Gasteiger partial charge in [-0.15, -0.1) is 5.10 Å². The first kappa shape index (κ1) is 18.0. The van der Waals surface area contributed by atoms with Crippen LogP contribution in [-0.4, -0.2) is 27.9 Å². The maximum Gasteiger partial charge on any atom is 0.243 e. The molecule has 0 aliphatic carbocycles. The monoisotopic (exact) mass is 430 g/mol. The third-order valence-electron chi connectivity index (χ3n) is 3.75. The fourth-order valence-electron chi connectivity index (χ4n) is 2.60. The van der Waals surface area contributed by atoms with Crippen molar-refractivity contribution in [3.8, 4) is 5.75 Å². The number of hydrogen-bond acceptors (Lipinski definition) is 5. The normalized spacial score (nSPS) is 12.5. The summed E-state index contributed by atoms with van der Waals surface area (Å²) in [6, 6.07) is 3.66. The number of alkyl halides is 1. The van der Waals surface area contributed by atoms with E-state index in [9.17, 15) is 4.39 Å². The minimum absolute atomic E-state index is 0.0817. The molecule has 3 rings (SSSR count). The van der Waals surface area contributed by atoms with Gasteiger partial charge in [0, 0.05) is 5.56 Å². The lowest BCUT2D eigenvalue weighted by atomic mass is 10.1. The highest BCUT2D eigenvalue weighted by Crippen LogP contribution is 2.38. The van der Waals surface area contributed by atoms with Crippen LogP contribution in [0.1, 0.15) is 24.7 Å². The van der Waals surface area contributed by atoms with Crippen LogP contribution in [0.3, 0.4) is 0 Å². The van der Waals surface area contributed by atoms with Crippen molar-refractivity contribution in [2.24, 2.45) is 0 Å². The molecule has 1 N–H and O–H groups in total. The molecule has 0 spiro atoms. The van der Waals surface area contributed by atoms with Crippen LogP contribution in [0.25, 0.3) is 5.52 Å². The number of ether oxygens (including phenoxy) is 1. The molecule has 0 aromatic carbocycles. The lowest BCUT2D eigenvalue weighted by Crippen LogP contribution is -2.06. The Morgan fingerprint density at radius 3 is 2.96 bits per heavy atom. The van der Waals surface area contributed by atoms with Crippen molar-refractivity contribution in [1.29, 1.82) is 0 Å². The number of methoxy groups -OCH3 is 1. The van der Waals surface area contributed by atoms with Crippen LogP contribution in [0.15, 0.2) is 27.4 Å². The summed E-state index contributed by atoms with van der Waals surface area (Å²) in [6.45, 7) is 1.96. The zero-order valence-electron chi connectivity index (χ0n) is 13.7. The first-order valence-corrected chi connectivity index (χ1v) is 8.89. The molecule has 0 fully saturated rings. The van der Waals surface area contributed by atoms with E-state index in [4.69, 9.17) is 20.8 Å². The largest absolute Gasteiger partial charge is 0.494 e. The number of rotatable bonds is 7. The van der Waals surface area contributed by atoms with Gasteiger partial charge >= 0.3 is 0 Å². The fraction of sp³-hybridized carbons (Fsp3) is 0.375. The molecular formula is C16H17BrClFN4O2. The molecule has 3 aromatic rings. The van der Waals surface area contributed by atoms with E-state index in [2.05, 4.69) is 31.3 Å². The van der Waals surface area contributed by atoms with Gasteiger partial charge in [0.05, 0.1) is 26.1 Å². The van der Waals surface area contributed by atoms with Gasteiger partial charge in [-0.3, -0.25) is 0 Å². The van der Waals surface area contributed by atoms with Gasteiger partial charge in [0.25, 0.3) is 0 Å². The second-order valence-electron chi connectivity index (χ2n) is 5.54. The van der Waals surface area contributed by atoms with Gasteiger partial charge in [0.2, 0.25) is 5.28 Å². The van der Waals surface area contributed by atoms with E-state index < -0.39 is 6.17 Å². The van der Waals surface area contributed by atoms with E-state index in [1.54, 1.807) is 17.9 Å². The van der Waals surface area contributed by atoms with E-state index in [0.29, 0.717) is 41.1 Å². The molecule has 0 radical (unpaired) electrons. The maximum atomic E-state index is 13.3. The Hall–Kier alpha value is -1.80. The number of halogens is 3. The molecule has 9 heteroatoms. The summed E-state index contributed by atoms with van der Waals surface area (Å²) in [7, 11) is 1.56. The zero-order valence-corrected chi connectivity index (χ0v) is 16.1. The second-order valence-corrected chi connectivity index (χ2v) is 6.63. The van der Waals surface area contributed by atoms with Crippen LogP contribution < -0.4 is 10.1 Å². The van der Waals surface area contributed by atoms with Crippen LogP contribution in [0, 0.1) is 0 Å². The molecule has 0 bridgehead atoms. The molecule has 6 nitrogen and oxygen atoms in total. The first-order chi connectivity index (χ1) is 12.0. The summed E-state index contributed by atoms with van der Waals surface area (Å²) < 4.78 is 26.5. The first-order valence-electron chi connectivity index (χ1n) is 7.72. The highest BCUT2D eigenvalue weighted by atomic mass is 79.9. The number of furan rings is 1. The van der Waals surface area contributed by atoms with Gasteiger partial charge in [0.15, 0.2) is 17.1 Å². The minimum atomic E-state index is -0.911. The van der Waals surface area contributed by atoms with Crippen molar-refractivity contribution in [3.05, 3.63) is 39.6 Å². The second kappa shape index (κ2) is 7.61. The summed E-state index contributed by atoms with van der Waals surface area (Å²) in [6.07, 6.45) is 1.57. The van der Waals surface area contributed by atoms with Gasteiger partial charge in [-0.05, 0) is 59.4 Å². The Kier molecular flexibility index (Phi) is 5.48. The van der Waals surface area contributed by atoms with E-state index in [-0.39, 0.29) is 5.28 Å². The third-order valence-corrected chi connectivity index (χ3v) is 4.73. The van der Waals surface area contributed by atoms with Crippen molar-refractivity contribution in [2.75, 3.05) is 12.4 Å². The van der Waals surface area contributed by atoms with Crippen LogP contribution in [0.2, 0.25) is 5.28 Å². The number of nitrogens with zero attached hydrogens (tertiary/aromatic N) is 3. The van der Waals surface area contributed by atoms with Gasteiger partial charge in [-0.25, -0.2) is 8.91 Å². The van der Waals surface area contributed by atoms with E-state index in [0.717, 1.165) is 11.3 Å². The number of nitrogens with one attached hydrogen (secondary N) is 1. The topological polar surface area (TPSA) is 64.6 Å². The number of fused-ring (bicyclic) bond motifs is 1. The Morgan fingerprint density at radius 2 is 2.32 bits per heavy atom. The van der Waals surface area contributed by atoms with Gasteiger partial charge < -0.3 is 14.5 Å². The number of anilines is 1. The SMILES string of the molecule is COc1c(CCC(C)F)c(Br)n2nc(Cl)nc(NCc3ccco3)c12. The molecule has 134 valence electrons. The van der Waals surface area contributed by atoms with Crippen molar-refractivity contribution in [1.82, 2.24) is 14.6 Å². The summed E-state index contributed by atoms with van der Waals surface area (Å²) in [5, 5.41) is 7.49. The molecule has 1 unspecified atom stereocenters. The smallest absolute Gasteiger partial charge is 0.243 e. The molecule has 25 heavy (non-hydrogen) atoms. The van der Waals surface area contributed by atoms with Crippen LogP contribution in [-0.2, 0) is 13.0 Å². The van der Waals surface area contributed by atoms with Crippen molar-refractivity contribution >= 4 is 38.9 Å². The highest BCUT2D eigenvalue weighted by molar-refractivity contribution is 9.10. The van der Waals surface area contributed by atoms with Crippen LogP contribution >= 0.6 is 27.5 Å². The Labute approximate surface area is 157 Å². The van der Waals surface area contributed by atoms with E-state index >= 15 is 0 Å². The molecule has 1 atom stereocenters. The Bertz CT molecular complexity index is 867. The standard InChI is InChI=1S/C16H17BrClFN4O2/c1-9(19)5-6-11-13(24-2)12-15(20-8-10-4-3-7-25-10)21-16(18)22-23(12)14(11)17/h3-4,7,9H,5-6,8H2,1-2H3,(H,20,21,22). The lowest BCUT2D eigenvalue weighted by Gasteiger charge is -2.08. The van der Waals surface area contributed by atoms with E-state index in [1.165, 1.54) is 6.92 Å². The number of aromatic nitrogens is 3. The predicted molar refractivity (Wildman–Crippen MR) is 97.2 cm³/mol. The van der Waals surface area contributed by atoms with Crippen molar-refractivity contribution in [2.45, 2.75) is 32.5 Å². The average Bonchev–Trinajstić information content (AvgIpc) is 3.17. The summed E-state index contributed by atoms with van der Waals surface area (Å²) in [4.78, 5) is 4.26. The molecule has 3 aromatic heterocycles. The quantitative estimate of drug-likeness (QED) is 0.590. The lowest BCUT2D eigenvalue weighted by molar-refractivity contribution is 0.339. The average molecular weight is 432 g/mol. The van der Waals surface area contributed by atoms with E-state index in [1.807, 2.05) is 12.1 Å². The van der Waals surface area contributed by atoms with Crippen LogP contribution in [0.4, 0.5) is 10.2 Å². The third kappa shape index (κ3) is 3.74. The van der Waals surface area contributed by atoms with Crippen molar-refractivity contribution in [3.63, 3.8) is 0 Å². The van der Waals surface area contributed by atoms with Crippen LogP contribution in [0.5, 0.6) is 5.75 Å².